The summed E-state index contributed by atoms with van der Waals surface area (Å²) in [6, 6.07) is 11.3. The molecule has 2 rings (SSSR count). The third-order valence-corrected chi connectivity index (χ3v) is 6.16. The number of carbonyl (C=O) groups excluding carboxylic acids is 1. The van der Waals surface area contributed by atoms with Gasteiger partial charge in [0, 0.05) is 19.2 Å². The fraction of sp³-hybridized carbons (Fsp3) is 0.350. The SMILES string of the molecule is CCc1ccc(CN(C)C(=O)c2cc(C)c(C)c(S(=O)(=O)NC)c2)cc1. The molecule has 6 heteroatoms. The van der Waals surface area contributed by atoms with Crippen LogP contribution in [0, 0.1) is 13.8 Å². The lowest BCUT2D eigenvalue weighted by molar-refractivity contribution is 0.0784. The molecule has 26 heavy (non-hydrogen) atoms. The van der Waals surface area contributed by atoms with Gasteiger partial charge in [-0.1, -0.05) is 31.2 Å². The quantitative estimate of drug-likeness (QED) is 0.845. The van der Waals surface area contributed by atoms with Gasteiger partial charge in [-0.3, -0.25) is 4.79 Å². The lowest BCUT2D eigenvalue weighted by Gasteiger charge is -2.19. The molecule has 0 bridgehead atoms. The van der Waals surface area contributed by atoms with Crippen molar-refractivity contribution >= 4 is 15.9 Å². The van der Waals surface area contributed by atoms with E-state index in [0.29, 0.717) is 17.7 Å². The maximum Gasteiger partial charge on any atom is 0.253 e. The van der Waals surface area contributed by atoms with Crippen molar-refractivity contribution in [1.82, 2.24) is 9.62 Å². The number of nitrogens with zero attached hydrogens (tertiary/aromatic N) is 1. The molecule has 0 aliphatic heterocycles. The van der Waals surface area contributed by atoms with E-state index in [-0.39, 0.29) is 10.8 Å². The smallest absolute Gasteiger partial charge is 0.253 e. The lowest BCUT2D eigenvalue weighted by Crippen LogP contribution is -2.27. The maximum absolute atomic E-state index is 12.8. The second-order valence-corrected chi connectivity index (χ2v) is 8.31. The Bertz CT molecular complexity index is 903. The van der Waals surface area contributed by atoms with E-state index < -0.39 is 10.0 Å². The minimum absolute atomic E-state index is 0.143. The van der Waals surface area contributed by atoms with E-state index in [4.69, 9.17) is 0 Å². The molecule has 0 aliphatic carbocycles. The van der Waals surface area contributed by atoms with Crippen LogP contribution in [0.3, 0.4) is 0 Å². The van der Waals surface area contributed by atoms with E-state index in [2.05, 4.69) is 23.8 Å². The van der Waals surface area contributed by atoms with E-state index in [1.165, 1.54) is 18.7 Å². The van der Waals surface area contributed by atoms with Crippen molar-refractivity contribution in [2.45, 2.75) is 38.6 Å². The van der Waals surface area contributed by atoms with E-state index in [9.17, 15) is 13.2 Å². The number of rotatable bonds is 6. The standard InChI is InChI=1S/C20H26N2O3S/c1-6-16-7-9-17(10-8-16)13-22(5)20(23)18-11-14(2)15(3)19(12-18)26(24,25)21-4/h7-12,21H,6,13H2,1-5H3. The van der Waals surface area contributed by atoms with E-state index in [0.717, 1.165) is 17.5 Å². The highest BCUT2D eigenvalue weighted by atomic mass is 32.2. The van der Waals surface area contributed by atoms with Crippen molar-refractivity contribution in [2.24, 2.45) is 0 Å². The predicted octanol–water partition coefficient (Wildman–Crippen LogP) is 3.05. The van der Waals surface area contributed by atoms with Crippen LogP contribution >= 0.6 is 0 Å². The predicted molar refractivity (Wildman–Crippen MR) is 104 cm³/mol. The largest absolute Gasteiger partial charge is 0.337 e. The topological polar surface area (TPSA) is 66.5 Å². The van der Waals surface area contributed by atoms with Crippen LogP contribution in [0.1, 0.15) is 39.5 Å². The van der Waals surface area contributed by atoms with Crippen molar-refractivity contribution in [3.8, 4) is 0 Å². The van der Waals surface area contributed by atoms with Gasteiger partial charge < -0.3 is 4.90 Å². The fourth-order valence-electron chi connectivity index (χ4n) is 2.79. The molecule has 0 unspecified atom stereocenters. The van der Waals surface area contributed by atoms with Crippen LogP contribution in [0.25, 0.3) is 0 Å². The number of nitrogens with one attached hydrogen (secondary N) is 1. The second kappa shape index (κ2) is 8.01. The molecule has 0 atom stereocenters. The zero-order chi connectivity index (χ0) is 19.5. The molecule has 0 aromatic heterocycles. The Labute approximate surface area is 156 Å². The van der Waals surface area contributed by atoms with E-state index >= 15 is 0 Å². The summed E-state index contributed by atoms with van der Waals surface area (Å²) in [6.07, 6.45) is 0.973. The molecule has 1 N–H and O–H groups in total. The van der Waals surface area contributed by atoms with Gasteiger partial charge in [0.05, 0.1) is 4.90 Å². The molecular weight excluding hydrogens is 348 g/mol. The molecule has 0 saturated carbocycles. The molecule has 0 fully saturated rings. The van der Waals surface area contributed by atoms with E-state index in [1.54, 1.807) is 24.9 Å². The average molecular weight is 375 g/mol. The highest BCUT2D eigenvalue weighted by molar-refractivity contribution is 7.89. The van der Waals surface area contributed by atoms with Gasteiger partial charge in [-0.05, 0) is 61.7 Å². The summed E-state index contributed by atoms with van der Waals surface area (Å²) in [5, 5.41) is 0. The van der Waals surface area contributed by atoms with Gasteiger partial charge in [0.2, 0.25) is 10.0 Å². The molecule has 0 radical (unpaired) electrons. The van der Waals surface area contributed by atoms with Crippen molar-refractivity contribution in [3.05, 3.63) is 64.2 Å². The second-order valence-electron chi connectivity index (χ2n) is 6.46. The first kappa shape index (κ1) is 20.1. The maximum atomic E-state index is 12.8. The molecule has 0 saturated heterocycles. The monoisotopic (exact) mass is 374 g/mol. The number of aryl methyl sites for hydroxylation is 2. The zero-order valence-electron chi connectivity index (χ0n) is 16.0. The Morgan fingerprint density at radius 3 is 2.19 bits per heavy atom. The first-order valence-corrected chi connectivity index (χ1v) is 10.1. The molecule has 140 valence electrons. The summed E-state index contributed by atoms with van der Waals surface area (Å²) >= 11 is 0. The third-order valence-electron chi connectivity index (χ3n) is 4.62. The molecular formula is C20H26N2O3S. The number of sulfonamides is 1. The Kier molecular flexibility index (Phi) is 6.21. The van der Waals surface area contributed by atoms with Crippen LogP contribution < -0.4 is 4.72 Å². The summed E-state index contributed by atoms with van der Waals surface area (Å²) in [5.74, 6) is -0.208. The normalized spacial score (nSPS) is 11.4. The van der Waals surface area contributed by atoms with Gasteiger partial charge >= 0.3 is 0 Å². The van der Waals surface area contributed by atoms with Crippen molar-refractivity contribution < 1.29 is 13.2 Å². The molecule has 2 aromatic carbocycles. The molecule has 0 aliphatic rings. The highest BCUT2D eigenvalue weighted by Gasteiger charge is 2.21. The number of carbonyl (C=O) groups is 1. The number of hydrogen-bond donors (Lipinski definition) is 1. The van der Waals surface area contributed by atoms with Gasteiger partial charge in [-0.2, -0.15) is 0 Å². The number of benzene rings is 2. The minimum Gasteiger partial charge on any atom is -0.337 e. The summed E-state index contributed by atoms with van der Waals surface area (Å²) in [5.41, 5.74) is 4.07. The third kappa shape index (κ3) is 4.31. The van der Waals surface area contributed by atoms with Crippen LogP contribution in [-0.4, -0.2) is 33.3 Å². The van der Waals surface area contributed by atoms with Gasteiger partial charge in [0.1, 0.15) is 0 Å². The highest BCUT2D eigenvalue weighted by Crippen LogP contribution is 2.22. The van der Waals surface area contributed by atoms with Gasteiger partial charge in [0.25, 0.3) is 5.91 Å². The molecule has 1 amide bonds. The first-order chi connectivity index (χ1) is 12.2. The Morgan fingerprint density at radius 1 is 1.08 bits per heavy atom. The Hall–Kier alpha value is -2.18. The molecule has 0 spiro atoms. The fourth-order valence-corrected chi connectivity index (χ4v) is 3.85. The average Bonchev–Trinajstić information content (AvgIpc) is 2.63. The lowest BCUT2D eigenvalue weighted by atomic mass is 10.0. The van der Waals surface area contributed by atoms with Crippen LogP contribution in [0.15, 0.2) is 41.3 Å². The summed E-state index contributed by atoms with van der Waals surface area (Å²) < 4.78 is 26.8. The van der Waals surface area contributed by atoms with Crippen molar-refractivity contribution in [2.75, 3.05) is 14.1 Å². The summed E-state index contributed by atoms with van der Waals surface area (Å²) in [4.78, 5) is 14.6. The summed E-state index contributed by atoms with van der Waals surface area (Å²) in [7, 11) is -0.535. The molecule has 0 heterocycles. The van der Waals surface area contributed by atoms with Crippen LogP contribution in [-0.2, 0) is 23.0 Å². The van der Waals surface area contributed by atoms with Gasteiger partial charge in [-0.15, -0.1) is 0 Å². The van der Waals surface area contributed by atoms with E-state index in [1.807, 2.05) is 19.1 Å². The molecule has 2 aromatic rings. The summed E-state index contributed by atoms with van der Waals surface area (Å²) in [6.45, 7) is 6.11. The van der Waals surface area contributed by atoms with Crippen LogP contribution in [0.4, 0.5) is 0 Å². The van der Waals surface area contributed by atoms with Crippen LogP contribution in [0.2, 0.25) is 0 Å². The van der Waals surface area contributed by atoms with Crippen molar-refractivity contribution in [3.63, 3.8) is 0 Å². The minimum atomic E-state index is -3.62. The first-order valence-electron chi connectivity index (χ1n) is 8.57. The zero-order valence-corrected chi connectivity index (χ0v) is 16.8. The molecule has 5 nitrogen and oxygen atoms in total. The Balaban J connectivity index is 2.30. The Morgan fingerprint density at radius 2 is 1.65 bits per heavy atom. The number of hydrogen-bond acceptors (Lipinski definition) is 3. The van der Waals surface area contributed by atoms with Gasteiger partial charge in [0.15, 0.2) is 0 Å². The van der Waals surface area contributed by atoms with Crippen molar-refractivity contribution in [1.29, 1.82) is 0 Å². The van der Waals surface area contributed by atoms with Crippen LogP contribution in [0.5, 0.6) is 0 Å². The van der Waals surface area contributed by atoms with Gasteiger partial charge in [-0.25, -0.2) is 13.1 Å². The number of amides is 1.